The maximum atomic E-state index is 12.0. The Morgan fingerprint density at radius 2 is 2.22 bits per heavy atom. The van der Waals surface area contributed by atoms with Crippen molar-refractivity contribution in [1.29, 1.82) is 5.26 Å². The summed E-state index contributed by atoms with van der Waals surface area (Å²) >= 11 is 6.95. The second kappa shape index (κ2) is 7.31. The number of thioether (sulfide) groups is 1. The van der Waals surface area contributed by atoms with Crippen molar-refractivity contribution in [3.63, 3.8) is 0 Å². The van der Waals surface area contributed by atoms with Crippen LogP contribution in [0, 0.1) is 25.2 Å². The molecular weight excluding hydrogens is 336 g/mol. The summed E-state index contributed by atoms with van der Waals surface area (Å²) in [7, 11) is 0. The molecule has 8 heteroatoms. The summed E-state index contributed by atoms with van der Waals surface area (Å²) < 4.78 is 0. The van der Waals surface area contributed by atoms with E-state index >= 15 is 0 Å². The van der Waals surface area contributed by atoms with Crippen LogP contribution < -0.4 is 11.0 Å². The van der Waals surface area contributed by atoms with Gasteiger partial charge in [0.15, 0.2) is 0 Å². The van der Waals surface area contributed by atoms with E-state index in [4.69, 9.17) is 16.9 Å². The second-order valence-corrected chi connectivity index (χ2v) is 6.16. The van der Waals surface area contributed by atoms with E-state index in [0.29, 0.717) is 16.4 Å². The zero-order chi connectivity index (χ0) is 17.0. The number of aromatic amines is 1. The van der Waals surface area contributed by atoms with Crippen LogP contribution in [0.5, 0.6) is 0 Å². The largest absolute Gasteiger partial charge is 0.346 e. The Labute approximate surface area is 141 Å². The lowest BCUT2D eigenvalue weighted by Gasteiger charge is -2.09. The number of carbonyl (C=O) groups is 1. The fourth-order valence-corrected chi connectivity index (χ4v) is 2.85. The molecule has 0 aliphatic carbocycles. The molecule has 0 bridgehead atoms. The number of hydrogen-bond donors (Lipinski definition) is 2. The van der Waals surface area contributed by atoms with Crippen molar-refractivity contribution in [2.24, 2.45) is 0 Å². The molecule has 0 aliphatic heterocycles. The summed E-state index contributed by atoms with van der Waals surface area (Å²) in [4.78, 5) is 29.6. The number of amides is 1. The molecular formula is C15H13ClN4O2S. The fraction of sp³-hybridized carbons (Fsp3) is 0.200. The Bertz CT molecular complexity index is 858. The number of nitriles is 1. The minimum atomic E-state index is -0.546. The summed E-state index contributed by atoms with van der Waals surface area (Å²) in [6.07, 6.45) is 0. The number of aryl methyl sites for hydroxylation is 2. The topological polar surface area (TPSA) is 98.6 Å². The molecule has 0 aliphatic rings. The second-order valence-electron chi connectivity index (χ2n) is 4.76. The number of rotatable bonds is 4. The number of halogens is 1. The molecule has 1 heterocycles. The molecule has 6 nitrogen and oxygen atoms in total. The van der Waals surface area contributed by atoms with Gasteiger partial charge in [-0.1, -0.05) is 29.4 Å². The number of anilines is 1. The van der Waals surface area contributed by atoms with Crippen LogP contribution in [0.15, 0.2) is 28.0 Å². The molecule has 2 aromatic rings. The van der Waals surface area contributed by atoms with E-state index in [1.807, 2.05) is 13.0 Å². The predicted octanol–water partition coefficient (Wildman–Crippen LogP) is 2.64. The van der Waals surface area contributed by atoms with Gasteiger partial charge in [0, 0.05) is 16.4 Å². The normalized spacial score (nSPS) is 10.2. The van der Waals surface area contributed by atoms with Gasteiger partial charge in [-0.2, -0.15) is 10.2 Å². The van der Waals surface area contributed by atoms with Gasteiger partial charge in [0.05, 0.1) is 5.75 Å². The van der Waals surface area contributed by atoms with Crippen molar-refractivity contribution < 1.29 is 4.79 Å². The fourth-order valence-electron chi connectivity index (χ4n) is 1.84. The lowest BCUT2D eigenvalue weighted by atomic mass is 10.2. The lowest BCUT2D eigenvalue weighted by Crippen LogP contribution is -2.17. The first-order valence-electron chi connectivity index (χ1n) is 6.60. The zero-order valence-corrected chi connectivity index (χ0v) is 14.0. The van der Waals surface area contributed by atoms with Crippen molar-refractivity contribution in [2.75, 3.05) is 11.1 Å². The number of H-pyrrole nitrogens is 1. The Kier molecular flexibility index (Phi) is 5.42. The number of carbonyl (C=O) groups excluding carboxylic acids is 1. The first-order chi connectivity index (χ1) is 10.9. The van der Waals surface area contributed by atoms with Gasteiger partial charge in [-0.05, 0) is 31.5 Å². The number of hydrogen-bond acceptors (Lipinski definition) is 5. The van der Waals surface area contributed by atoms with E-state index in [9.17, 15) is 9.59 Å². The summed E-state index contributed by atoms with van der Waals surface area (Å²) in [5.41, 5.74) is 1.66. The third-order valence-electron chi connectivity index (χ3n) is 3.01. The summed E-state index contributed by atoms with van der Waals surface area (Å²) in [5.74, 6) is -0.250. The predicted molar refractivity (Wildman–Crippen MR) is 89.9 cm³/mol. The van der Waals surface area contributed by atoms with Gasteiger partial charge in [0.25, 0.3) is 0 Å². The van der Waals surface area contributed by atoms with Gasteiger partial charge in [0.1, 0.15) is 16.7 Å². The van der Waals surface area contributed by atoms with Crippen molar-refractivity contribution in [2.45, 2.75) is 18.9 Å². The SMILES string of the molecule is Cc1ccc(Cl)cc1NC(=O)CSc1nc(=O)[nH]c(C)c1C#N. The van der Waals surface area contributed by atoms with E-state index in [0.717, 1.165) is 17.3 Å². The van der Waals surface area contributed by atoms with Crippen molar-refractivity contribution in [3.8, 4) is 6.07 Å². The lowest BCUT2D eigenvalue weighted by molar-refractivity contribution is -0.113. The molecule has 118 valence electrons. The highest BCUT2D eigenvalue weighted by Gasteiger charge is 2.13. The van der Waals surface area contributed by atoms with Gasteiger partial charge in [-0.3, -0.25) is 4.79 Å². The van der Waals surface area contributed by atoms with E-state index in [1.165, 1.54) is 0 Å². The molecule has 0 fully saturated rings. The molecule has 1 amide bonds. The van der Waals surface area contributed by atoms with E-state index < -0.39 is 5.69 Å². The maximum absolute atomic E-state index is 12.0. The number of nitrogens with one attached hydrogen (secondary N) is 2. The maximum Gasteiger partial charge on any atom is 0.346 e. The van der Waals surface area contributed by atoms with Crippen LogP contribution in [-0.2, 0) is 4.79 Å². The van der Waals surface area contributed by atoms with Crippen LogP contribution in [0.3, 0.4) is 0 Å². The third-order valence-corrected chi connectivity index (χ3v) is 4.22. The number of benzene rings is 1. The van der Waals surface area contributed by atoms with Crippen LogP contribution in [-0.4, -0.2) is 21.6 Å². The Morgan fingerprint density at radius 1 is 1.48 bits per heavy atom. The molecule has 0 spiro atoms. The molecule has 2 N–H and O–H groups in total. The van der Waals surface area contributed by atoms with E-state index in [2.05, 4.69) is 15.3 Å². The average Bonchev–Trinajstić information content (AvgIpc) is 2.48. The van der Waals surface area contributed by atoms with Crippen LogP contribution >= 0.6 is 23.4 Å². The Morgan fingerprint density at radius 3 is 2.91 bits per heavy atom. The summed E-state index contributed by atoms with van der Waals surface area (Å²) in [6.45, 7) is 3.47. The van der Waals surface area contributed by atoms with Crippen LogP contribution in [0.1, 0.15) is 16.8 Å². The monoisotopic (exact) mass is 348 g/mol. The molecule has 23 heavy (non-hydrogen) atoms. The molecule has 1 aromatic carbocycles. The van der Waals surface area contributed by atoms with E-state index in [1.54, 1.807) is 25.1 Å². The first-order valence-corrected chi connectivity index (χ1v) is 7.97. The van der Waals surface area contributed by atoms with Crippen LogP contribution in [0.2, 0.25) is 5.02 Å². The third kappa shape index (κ3) is 4.34. The highest BCUT2D eigenvalue weighted by Crippen LogP contribution is 2.22. The smallest absolute Gasteiger partial charge is 0.325 e. The van der Waals surface area contributed by atoms with E-state index in [-0.39, 0.29) is 22.2 Å². The number of nitrogens with zero attached hydrogens (tertiary/aromatic N) is 2. The Balaban J connectivity index is 2.10. The highest BCUT2D eigenvalue weighted by molar-refractivity contribution is 8.00. The molecule has 0 saturated carbocycles. The first kappa shape index (κ1) is 17.1. The van der Waals surface area contributed by atoms with Crippen LogP contribution in [0.25, 0.3) is 0 Å². The molecule has 0 radical (unpaired) electrons. The van der Waals surface area contributed by atoms with Gasteiger partial charge < -0.3 is 10.3 Å². The van der Waals surface area contributed by atoms with Crippen molar-refractivity contribution in [3.05, 3.63) is 50.5 Å². The molecule has 0 atom stereocenters. The molecule has 0 unspecified atom stereocenters. The summed E-state index contributed by atoms with van der Waals surface area (Å²) in [6, 6.07) is 7.19. The molecule has 0 saturated heterocycles. The van der Waals surface area contributed by atoms with Crippen molar-refractivity contribution in [1.82, 2.24) is 9.97 Å². The minimum absolute atomic E-state index is 0.0243. The highest BCUT2D eigenvalue weighted by atomic mass is 35.5. The minimum Gasteiger partial charge on any atom is -0.325 e. The van der Waals surface area contributed by atoms with Gasteiger partial charge in [-0.15, -0.1) is 0 Å². The van der Waals surface area contributed by atoms with Crippen molar-refractivity contribution >= 4 is 35.0 Å². The van der Waals surface area contributed by atoms with Crippen LogP contribution in [0.4, 0.5) is 5.69 Å². The van der Waals surface area contributed by atoms with Gasteiger partial charge in [0.2, 0.25) is 5.91 Å². The quantitative estimate of drug-likeness (QED) is 0.653. The summed E-state index contributed by atoms with van der Waals surface area (Å²) in [5, 5.41) is 12.6. The average molecular weight is 349 g/mol. The van der Waals surface area contributed by atoms with Gasteiger partial charge in [-0.25, -0.2) is 4.79 Å². The Hall–Kier alpha value is -2.30. The number of aromatic nitrogens is 2. The molecule has 2 rings (SSSR count). The standard InChI is InChI=1S/C15H13ClN4O2S/c1-8-3-4-10(16)5-12(8)19-13(21)7-23-14-11(6-17)9(2)18-15(22)20-14/h3-5H,7H2,1-2H3,(H,19,21)(H,18,20,22). The van der Waals surface area contributed by atoms with Gasteiger partial charge >= 0.3 is 5.69 Å². The molecule has 1 aromatic heterocycles. The zero-order valence-electron chi connectivity index (χ0n) is 12.4.